The molecule has 0 aliphatic carbocycles. The molecule has 0 atom stereocenters. The second-order valence-electron chi connectivity index (χ2n) is 6.21. The van der Waals surface area contributed by atoms with Crippen molar-refractivity contribution >= 4 is 22.8 Å². The number of hydrogen-bond acceptors (Lipinski definition) is 6. The third-order valence-corrected chi connectivity index (χ3v) is 4.69. The molecule has 0 radical (unpaired) electrons. The highest BCUT2D eigenvalue weighted by Gasteiger charge is 2.24. The molecule has 1 aromatic carbocycles. The Balaban J connectivity index is 1.49. The molecule has 26 heavy (non-hydrogen) atoms. The molecule has 0 spiro atoms. The van der Waals surface area contributed by atoms with Gasteiger partial charge in [0, 0.05) is 38.8 Å². The van der Waals surface area contributed by atoms with E-state index in [-0.39, 0.29) is 5.91 Å². The van der Waals surface area contributed by atoms with Gasteiger partial charge in [-0.15, -0.1) is 0 Å². The number of piperazine rings is 1. The molecule has 0 unspecified atom stereocenters. The Hall–Kier alpha value is -3.16. The Morgan fingerprint density at radius 3 is 2.73 bits per heavy atom. The minimum absolute atomic E-state index is 0.0257. The minimum atomic E-state index is 0.0257. The van der Waals surface area contributed by atoms with Crippen molar-refractivity contribution in [3.05, 3.63) is 42.4 Å². The van der Waals surface area contributed by atoms with Gasteiger partial charge >= 0.3 is 0 Å². The number of amides is 1. The molecule has 1 aliphatic rings. The molecule has 3 heterocycles. The van der Waals surface area contributed by atoms with Crippen LogP contribution in [0.15, 0.2) is 36.8 Å². The lowest BCUT2D eigenvalue weighted by Crippen LogP contribution is -2.49. The maximum Gasteiger partial charge on any atom is 0.254 e. The molecular weight excluding hydrogens is 332 g/mol. The minimum Gasteiger partial charge on any atom is -0.497 e. The lowest BCUT2D eigenvalue weighted by Gasteiger charge is -2.35. The van der Waals surface area contributed by atoms with E-state index in [2.05, 4.69) is 20.0 Å². The summed E-state index contributed by atoms with van der Waals surface area (Å²) in [6, 6.07) is 7.27. The number of aromatic nitrogens is 4. The van der Waals surface area contributed by atoms with Crippen LogP contribution in [0.5, 0.6) is 5.75 Å². The molecule has 1 fully saturated rings. The number of rotatable bonds is 3. The maximum absolute atomic E-state index is 12.7. The predicted molar refractivity (Wildman–Crippen MR) is 97.4 cm³/mol. The standard InChI is InChI=1S/C18H20N6O2/c1-22-16-15(11-21-22)17(20-12-19-16)23-6-8-24(9-7-23)18(25)13-4-3-5-14(10-13)26-2/h3-5,10-12H,6-9H2,1-2H3. The first kappa shape index (κ1) is 16.3. The van der Waals surface area contributed by atoms with Crippen LogP contribution in [0.3, 0.4) is 0 Å². The third-order valence-electron chi connectivity index (χ3n) is 4.69. The van der Waals surface area contributed by atoms with E-state index < -0.39 is 0 Å². The van der Waals surface area contributed by atoms with E-state index >= 15 is 0 Å². The number of carbonyl (C=O) groups excluding carboxylic acids is 1. The molecule has 2 aromatic heterocycles. The van der Waals surface area contributed by atoms with Crippen LogP contribution >= 0.6 is 0 Å². The maximum atomic E-state index is 12.7. The molecular formula is C18H20N6O2. The second kappa shape index (κ2) is 6.62. The van der Waals surface area contributed by atoms with Gasteiger partial charge in [-0.3, -0.25) is 9.48 Å². The van der Waals surface area contributed by atoms with Crippen LogP contribution in [0.2, 0.25) is 0 Å². The zero-order valence-corrected chi connectivity index (χ0v) is 14.8. The Bertz CT molecular complexity index is 946. The quantitative estimate of drug-likeness (QED) is 0.708. The van der Waals surface area contributed by atoms with Crippen molar-refractivity contribution in [3.8, 4) is 5.75 Å². The molecule has 0 bridgehead atoms. The van der Waals surface area contributed by atoms with Crippen molar-refractivity contribution in [3.63, 3.8) is 0 Å². The van der Waals surface area contributed by atoms with E-state index in [0.29, 0.717) is 24.4 Å². The summed E-state index contributed by atoms with van der Waals surface area (Å²) < 4.78 is 6.95. The summed E-state index contributed by atoms with van der Waals surface area (Å²) in [6.45, 7) is 2.72. The molecule has 4 rings (SSSR count). The Morgan fingerprint density at radius 1 is 1.15 bits per heavy atom. The molecule has 3 aromatic rings. The highest BCUT2D eigenvalue weighted by Crippen LogP contribution is 2.23. The van der Waals surface area contributed by atoms with Gasteiger partial charge in [-0.05, 0) is 18.2 Å². The smallest absolute Gasteiger partial charge is 0.254 e. The number of carbonyl (C=O) groups is 1. The summed E-state index contributed by atoms with van der Waals surface area (Å²) in [6.07, 6.45) is 3.35. The third kappa shape index (κ3) is 2.83. The lowest BCUT2D eigenvalue weighted by atomic mass is 10.1. The van der Waals surface area contributed by atoms with Crippen molar-refractivity contribution in [2.45, 2.75) is 0 Å². The Labute approximate surface area is 151 Å². The van der Waals surface area contributed by atoms with Crippen LogP contribution in [0.4, 0.5) is 5.82 Å². The first-order valence-electron chi connectivity index (χ1n) is 8.48. The zero-order chi connectivity index (χ0) is 18.1. The van der Waals surface area contributed by atoms with E-state index in [0.717, 1.165) is 29.9 Å². The molecule has 8 heteroatoms. The lowest BCUT2D eigenvalue weighted by molar-refractivity contribution is 0.0746. The summed E-state index contributed by atoms with van der Waals surface area (Å²) in [4.78, 5) is 25.5. The van der Waals surface area contributed by atoms with Crippen LogP contribution in [0.25, 0.3) is 11.0 Å². The summed E-state index contributed by atoms with van der Waals surface area (Å²) >= 11 is 0. The number of hydrogen-bond donors (Lipinski definition) is 0. The number of benzene rings is 1. The van der Waals surface area contributed by atoms with Gasteiger partial charge in [-0.2, -0.15) is 5.10 Å². The average molecular weight is 352 g/mol. The van der Waals surface area contributed by atoms with E-state index in [1.807, 2.05) is 30.1 Å². The van der Waals surface area contributed by atoms with E-state index in [1.54, 1.807) is 30.4 Å². The van der Waals surface area contributed by atoms with Crippen LogP contribution in [-0.2, 0) is 7.05 Å². The summed E-state index contributed by atoms with van der Waals surface area (Å²) in [7, 11) is 3.47. The van der Waals surface area contributed by atoms with Crippen molar-refractivity contribution in [1.82, 2.24) is 24.6 Å². The van der Waals surface area contributed by atoms with Gasteiger partial charge in [-0.1, -0.05) is 6.07 Å². The number of fused-ring (bicyclic) bond motifs is 1. The fourth-order valence-electron chi connectivity index (χ4n) is 3.26. The number of aryl methyl sites for hydroxylation is 1. The fraction of sp³-hybridized carbons (Fsp3) is 0.333. The first-order valence-corrected chi connectivity index (χ1v) is 8.48. The molecule has 0 N–H and O–H groups in total. The predicted octanol–water partition coefficient (Wildman–Crippen LogP) is 1.33. The van der Waals surface area contributed by atoms with Gasteiger partial charge in [0.2, 0.25) is 0 Å². The summed E-state index contributed by atoms with van der Waals surface area (Å²) in [5, 5.41) is 5.19. The topological polar surface area (TPSA) is 76.4 Å². The van der Waals surface area contributed by atoms with E-state index in [1.165, 1.54) is 0 Å². The number of nitrogens with zero attached hydrogens (tertiary/aromatic N) is 6. The van der Waals surface area contributed by atoms with Gasteiger partial charge in [0.25, 0.3) is 5.91 Å². The molecule has 8 nitrogen and oxygen atoms in total. The molecule has 0 saturated carbocycles. The van der Waals surface area contributed by atoms with Crippen molar-refractivity contribution in [2.75, 3.05) is 38.2 Å². The van der Waals surface area contributed by atoms with Gasteiger partial charge in [-0.25, -0.2) is 9.97 Å². The SMILES string of the molecule is COc1cccc(C(=O)N2CCN(c3ncnc4c3cnn4C)CC2)c1. The van der Waals surface area contributed by atoms with E-state index in [4.69, 9.17) is 4.74 Å². The van der Waals surface area contributed by atoms with Crippen molar-refractivity contribution in [1.29, 1.82) is 0 Å². The van der Waals surface area contributed by atoms with Gasteiger partial charge in [0.05, 0.1) is 18.7 Å². The van der Waals surface area contributed by atoms with Crippen molar-refractivity contribution < 1.29 is 9.53 Å². The van der Waals surface area contributed by atoms with Crippen LogP contribution in [0.1, 0.15) is 10.4 Å². The number of anilines is 1. The monoisotopic (exact) mass is 352 g/mol. The van der Waals surface area contributed by atoms with Gasteiger partial charge < -0.3 is 14.5 Å². The highest BCUT2D eigenvalue weighted by molar-refractivity contribution is 5.95. The number of ether oxygens (including phenoxy) is 1. The highest BCUT2D eigenvalue weighted by atomic mass is 16.5. The summed E-state index contributed by atoms with van der Waals surface area (Å²) in [5.74, 6) is 1.59. The average Bonchev–Trinajstić information content (AvgIpc) is 3.09. The van der Waals surface area contributed by atoms with Gasteiger partial charge in [0.1, 0.15) is 17.9 Å². The Morgan fingerprint density at radius 2 is 1.96 bits per heavy atom. The largest absolute Gasteiger partial charge is 0.497 e. The second-order valence-corrected chi connectivity index (χ2v) is 6.21. The van der Waals surface area contributed by atoms with Crippen LogP contribution < -0.4 is 9.64 Å². The first-order chi connectivity index (χ1) is 12.7. The van der Waals surface area contributed by atoms with Crippen LogP contribution in [0, 0.1) is 0 Å². The normalized spacial score (nSPS) is 14.7. The molecule has 134 valence electrons. The van der Waals surface area contributed by atoms with Crippen molar-refractivity contribution in [2.24, 2.45) is 7.05 Å². The zero-order valence-electron chi connectivity index (χ0n) is 14.8. The molecule has 1 amide bonds. The summed E-state index contributed by atoms with van der Waals surface area (Å²) in [5.41, 5.74) is 1.46. The van der Waals surface area contributed by atoms with Crippen LogP contribution in [-0.4, -0.2) is 63.8 Å². The van der Waals surface area contributed by atoms with Gasteiger partial charge in [0.15, 0.2) is 5.65 Å². The fourth-order valence-corrected chi connectivity index (χ4v) is 3.26. The van der Waals surface area contributed by atoms with E-state index in [9.17, 15) is 4.79 Å². The Kier molecular flexibility index (Phi) is 4.16. The molecule has 1 saturated heterocycles. The number of methoxy groups -OCH3 is 1. The molecule has 1 aliphatic heterocycles.